The van der Waals surface area contributed by atoms with Gasteiger partial charge in [-0.25, -0.2) is 27.9 Å². The van der Waals surface area contributed by atoms with Crippen molar-refractivity contribution in [2.45, 2.75) is 31.9 Å². The summed E-state index contributed by atoms with van der Waals surface area (Å²) in [5, 5.41) is 2.24. The number of carbonyl (C=O) groups excluding carboxylic acids is 1. The Hall–Kier alpha value is -1.42. The molecule has 0 aliphatic rings. The summed E-state index contributed by atoms with van der Waals surface area (Å²) in [6, 6.07) is -0.891. The van der Waals surface area contributed by atoms with Crippen LogP contribution in [0.3, 0.4) is 0 Å². The van der Waals surface area contributed by atoms with E-state index in [4.69, 9.17) is 0 Å². The van der Waals surface area contributed by atoms with E-state index < -0.39 is 16.1 Å². The van der Waals surface area contributed by atoms with Crippen LogP contribution >= 0.6 is 12.6 Å². The second kappa shape index (κ2) is 8.00. The van der Waals surface area contributed by atoms with Crippen molar-refractivity contribution in [1.82, 2.24) is 19.7 Å². The zero-order chi connectivity index (χ0) is 15.0. The third-order valence-electron chi connectivity index (χ3n) is 2.25. The number of rotatable bonds is 7. The van der Waals surface area contributed by atoms with Gasteiger partial charge in [0.15, 0.2) is 0 Å². The maximum absolute atomic E-state index is 11.6. The minimum absolute atomic E-state index is 0.0229. The van der Waals surface area contributed by atoms with E-state index in [9.17, 15) is 13.2 Å². The van der Waals surface area contributed by atoms with Crippen molar-refractivity contribution in [3.05, 3.63) is 12.2 Å². The first-order valence-electron chi connectivity index (χ1n) is 6.07. The molecule has 0 spiro atoms. The summed E-state index contributed by atoms with van der Waals surface area (Å²) in [6.07, 6.45) is 3.42. The molecule has 1 rings (SSSR count). The summed E-state index contributed by atoms with van der Waals surface area (Å²) >= 11 is 3.99. The lowest BCUT2D eigenvalue weighted by molar-refractivity contribution is 0.256. The fourth-order valence-electron chi connectivity index (χ4n) is 1.33. The Morgan fingerprint density at radius 1 is 1.35 bits per heavy atom. The van der Waals surface area contributed by atoms with Crippen LogP contribution in [0.5, 0.6) is 0 Å². The molecule has 0 atom stereocenters. The summed E-state index contributed by atoms with van der Waals surface area (Å²) in [7, 11) is -3.64. The Morgan fingerprint density at radius 3 is 2.75 bits per heavy atom. The average Bonchev–Trinajstić information content (AvgIpc) is 2.38. The topological polar surface area (TPSA) is 114 Å². The molecule has 20 heavy (non-hydrogen) atoms. The highest BCUT2D eigenvalue weighted by atomic mass is 32.2. The fourth-order valence-corrected chi connectivity index (χ4v) is 2.50. The van der Waals surface area contributed by atoms with E-state index in [1.54, 1.807) is 0 Å². The van der Waals surface area contributed by atoms with Crippen LogP contribution in [0, 0.1) is 0 Å². The molecule has 1 aromatic heterocycles. The number of hydrogen-bond donors (Lipinski definition) is 3. The summed E-state index contributed by atoms with van der Waals surface area (Å²) in [4.78, 5) is 22.9. The molecule has 2 N–H and O–H groups in total. The SMILES string of the molecule is CCCCCS(=O)(=O)NC(=O)Nc1ncnc(CS)n1. The van der Waals surface area contributed by atoms with Gasteiger partial charge in [0.05, 0.1) is 11.5 Å². The quantitative estimate of drug-likeness (QED) is 0.509. The molecule has 1 aromatic rings. The average molecular weight is 319 g/mol. The number of carbonyl (C=O) groups is 1. The van der Waals surface area contributed by atoms with Crippen molar-refractivity contribution < 1.29 is 13.2 Å². The molecule has 1 heterocycles. The van der Waals surface area contributed by atoms with Gasteiger partial charge >= 0.3 is 6.03 Å². The monoisotopic (exact) mass is 319 g/mol. The molecule has 112 valence electrons. The molecule has 0 aromatic carbocycles. The third kappa shape index (κ3) is 6.15. The van der Waals surface area contributed by atoms with E-state index in [-0.39, 0.29) is 17.5 Å². The molecular weight excluding hydrogens is 302 g/mol. The number of amides is 2. The van der Waals surface area contributed by atoms with Gasteiger partial charge in [-0.15, -0.1) is 0 Å². The lowest BCUT2D eigenvalue weighted by atomic mass is 10.3. The fraction of sp³-hybridized carbons (Fsp3) is 0.600. The number of unbranched alkanes of at least 4 members (excludes halogenated alkanes) is 2. The molecule has 2 amide bonds. The molecule has 0 radical (unpaired) electrons. The molecule has 10 heteroatoms. The largest absolute Gasteiger partial charge is 0.335 e. The van der Waals surface area contributed by atoms with Crippen LogP contribution in [0.2, 0.25) is 0 Å². The number of nitrogens with one attached hydrogen (secondary N) is 2. The van der Waals surface area contributed by atoms with E-state index in [0.717, 1.165) is 12.8 Å². The number of hydrogen-bond acceptors (Lipinski definition) is 7. The maximum atomic E-state index is 11.6. The standard InChI is InChI=1S/C10H17N5O3S2/c1-2-3-4-5-20(17,18)15-10(16)14-9-12-7-11-8(6-19)13-9/h7,19H,2-6H2,1H3,(H2,11,12,13,14,15,16). The zero-order valence-corrected chi connectivity index (χ0v) is 12.7. The number of aromatic nitrogens is 3. The van der Waals surface area contributed by atoms with Gasteiger partial charge in [-0.05, 0) is 6.42 Å². The first-order chi connectivity index (χ1) is 9.46. The van der Waals surface area contributed by atoms with Crippen molar-refractivity contribution in [2.24, 2.45) is 0 Å². The van der Waals surface area contributed by atoms with E-state index in [1.165, 1.54) is 6.33 Å². The van der Waals surface area contributed by atoms with Crippen LogP contribution in [0.25, 0.3) is 0 Å². The van der Waals surface area contributed by atoms with Gasteiger partial charge < -0.3 is 0 Å². The lowest BCUT2D eigenvalue weighted by Crippen LogP contribution is -2.36. The van der Waals surface area contributed by atoms with Gasteiger partial charge in [0, 0.05) is 0 Å². The third-order valence-corrected chi connectivity index (χ3v) is 3.86. The Morgan fingerprint density at radius 2 is 2.10 bits per heavy atom. The molecule has 0 saturated heterocycles. The molecule has 0 fully saturated rings. The number of nitrogens with zero attached hydrogens (tertiary/aromatic N) is 3. The summed E-state index contributed by atoms with van der Waals surface area (Å²) in [6.45, 7) is 1.96. The number of anilines is 1. The van der Waals surface area contributed by atoms with Crippen molar-refractivity contribution >= 4 is 34.6 Å². The molecule has 0 aliphatic heterocycles. The van der Waals surface area contributed by atoms with Gasteiger partial charge in [-0.2, -0.15) is 17.6 Å². The van der Waals surface area contributed by atoms with E-state index in [1.807, 2.05) is 11.6 Å². The van der Waals surface area contributed by atoms with Gasteiger partial charge in [0.2, 0.25) is 16.0 Å². The normalized spacial score (nSPS) is 11.1. The van der Waals surface area contributed by atoms with Gasteiger partial charge in [-0.3, -0.25) is 5.32 Å². The Balaban J connectivity index is 2.54. The summed E-state index contributed by atoms with van der Waals surface area (Å²) in [5.41, 5.74) is 0. The second-order valence-corrected chi connectivity index (χ2v) is 6.12. The first-order valence-corrected chi connectivity index (χ1v) is 8.35. The maximum Gasteiger partial charge on any atom is 0.335 e. The molecule has 0 unspecified atom stereocenters. The Bertz CT molecular complexity index is 550. The minimum atomic E-state index is -3.64. The predicted molar refractivity (Wildman–Crippen MR) is 78.0 cm³/mol. The smallest absolute Gasteiger partial charge is 0.275 e. The van der Waals surface area contributed by atoms with Crippen molar-refractivity contribution in [1.29, 1.82) is 0 Å². The highest BCUT2D eigenvalue weighted by Crippen LogP contribution is 2.01. The molecule has 8 nitrogen and oxygen atoms in total. The number of urea groups is 1. The molecule has 0 bridgehead atoms. The highest BCUT2D eigenvalue weighted by Gasteiger charge is 2.15. The molecule has 0 saturated carbocycles. The summed E-state index contributed by atoms with van der Waals surface area (Å²) < 4.78 is 25.1. The van der Waals surface area contributed by atoms with Crippen molar-refractivity contribution in [3.8, 4) is 0 Å². The summed E-state index contributed by atoms with van der Waals surface area (Å²) in [5.74, 6) is 0.552. The van der Waals surface area contributed by atoms with Crippen LogP contribution < -0.4 is 10.0 Å². The lowest BCUT2D eigenvalue weighted by Gasteiger charge is -2.07. The van der Waals surface area contributed by atoms with Crippen LogP contribution in [0.15, 0.2) is 6.33 Å². The number of thiol groups is 1. The highest BCUT2D eigenvalue weighted by molar-refractivity contribution is 7.90. The number of sulfonamides is 1. The molecule has 0 aliphatic carbocycles. The van der Waals surface area contributed by atoms with E-state index in [0.29, 0.717) is 12.2 Å². The second-order valence-electron chi connectivity index (χ2n) is 3.97. The van der Waals surface area contributed by atoms with Gasteiger partial charge in [0.1, 0.15) is 12.2 Å². The predicted octanol–water partition coefficient (Wildman–Crippen LogP) is 0.943. The van der Waals surface area contributed by atoms with Crippen LogP contribution in [0.4, 0.5) is 10.7 Å². The van der Waals surface area contributed by atoms with Gasteiger partial charge in [-0.1, -0.05) is 19.8 Å². The van der Waals surface area contributed by atoms with Crippen molar-refractivity contribution in [3.63, 3.8) is 0 Å². The van der Waals surface area contributed by atoms with Crippen molar-refractivity contribution in [2.75, 3.05) is 11.1 Å². The van der Waals surface area contributed by atoms with Crippen LogP contribution in [-0.4, -0.2) is 35.2 Å². The Labute approximate surface area is 123 Å². The zero-order valence-electron chi connectivity index (χ0n) is 11.0. The van der Waals surface area contributed by atoms with E-state index in [2.05, 4.69) is 32.9 Å². The van der Waals surface area contributed by atoms with Crippen LogP contribution in [0.1, 0.15) is 32.0 Å². The van der Waals surface area contributed by atoms with E-state index >= 15 is 0 Å². The minimum Gasteiger partial charge on any atom is -0.275 e. The first kappa shape index (κ1) is 16.6. The molecular formula is C10H17N5O3S2. The van der Waals surface area contributed by atoms with Crippen LogP contribution in [-0.2, 0) is 15.8 Å². The van der Waals surface area contributed by atoms with Gasteiger partial charge in [0.25, 0.3) is 0 Å². The Kier molecular flexibility index (Phi) is 6.65.